The smallest absolute Gasteiger partial charge is 0.257 e. The third-order valence-corrected chi connectivity index (χ3v) is 4.10. The van der Waals surface area contributed by atoms with Gasteiger partial charge in [-0.25, -0.2) is 0 Å². The topological polar surface area (TPSA) is 89.8 Å². The van der Waals surface area contributed by atoms with Crippen LogP contribution in [0.4, 0.5) is 5.69 Å². The predicted molar refractivity (Wildman–Crippen MR) is 106 cm³/mol. The number of carbonyl (C=O) groups excluding carboxylic acids is 2. The van der Waals surface area contributed by atoms with Crippen molar-refractivity contribution in [1.82, 2.24) is 5.32 Å². The molecular weight excluding hydrogens is 360 g/mol. The van der Waals surface area contributed by atoms with E-state index in [1.165, 1.54) is 0 Å². The summed E-state index contributed by atoms with van der Waals surface area (Å²) in [5.74, 6) is 0.922. The fourth-order valence-corrected chi connectivity index (χ4v) is 2.74. The van der Waals surface area contributed by atoms with Gasteiger partial charge in [-0.1, -0.05) is 0 Å². The van der Waals surface area contributed by atoms with Gasteiger partial charge in [-0.05, 0) is 43.3 Å². The van der Waals surface area contributed by atoms with Crippen LogP contribution in [0.2, 0.25) is 0 Å². The summed E-state index contributed by atoms with van der Waals surface area (Å²) in [5, 5.41) is 6.38. The Labute approximate surface area is 162 Å². The van der Waals surface area contributed by atoms with E-state index >= 15 is 0 Å². The Morgan fingerprint density at radius 1 is 1.04 bits per heavy atom. The first-order valence-corrected chi connectivity index (χ1v) is 8.92. The van der Waals surface area contributed by atoms with Crippen LogP contribution >= 0.6 is 0 Å². The summed E-state index contributed by atoms with van der Waals surface area (Å²) in [4.78, 5) is 23.8. The molecule has 0 fully saturated rings. The monoisotopic (exact) mass is 382 g/mol. The molecule has 0 saturated heterocycles. The molecule has 0 saturated carbocycles. The summed E-state index contributed by atoms with van der Waals surface area (Å²) in [6.07, 6.45) is 1.77. The number of ether oxygens (including phenoxy) is 2. The Hall–Kier alpha value is -3.48. The number of amides is 2. The van der Waals surface area contributed by atoms with Gasteiger partial charge in [0.15, 0.2) is 6.61 Å². The van der Waals surface area contributed by atoms with Crippen molar-refractivity contribution in [3.05, 3.63) is 54.3 Å². The van der Waals surface area contributed by atoms with Gasteiger partial charge >= 0.3 is 0 Å². The molecule has 7 nitrogen and oxygen atoms in total. The molecule has 0 atom stereocenters. The SMILES string of the molecule is CCNC(=O)COc1ccc(NC(=O)Cc2coc3cc(OC)ccc23)cc1. The Morgan fingerprint density at radius 3 is 2.50 bits per heavy atom. The summed E-state index contributed by atoms with van der Waals surface area (Å²) >= 11 is 0. The molecule has 3 aromatic rings. The second-order valence-electron chi connectivity index (χ2n) is 6.11. The van der Waals surface area contributed by atoms with Crippen LogP contribution in [-0.4, -0.2) is 32.1 Å². The zero-order valence-corrected chi connectivity index (χ0v) is 15.8. The first-order valence-electron chi connectivity index (χ1n) is 8.92. The molecule has 7 heteroatoms. The molecule has 2 aromatic carbocycles. The van der Waals surface area contributed by atoms with Crippen molar-refractivity contribution >= 4 is 28.5 Å². The second kappa shape index (κ2) is 8.94. The number of hydrogen-bond acceptors (Lipinski definition) is 5. The van der Waals surface area contributed by atoms with Gasteiger partial charge in [0.1, 0.15) is 17.1 Å². The highest BCUT2D eigenvalue weighted by molar-refractivity contribution is 5.95. The van der Waals surface area contributed by atoms with Gasteiger partial charge in [-0.3, -0.25) is 9.59 Å². The number of methoxy groups -OCH3 is 1. The molecule has 1 heterocycles. The molecule has 28 heavy (non-hydrogen) atoms. The zero-order chi connectivity index (χ0) is 19.9. The first kappa shape index (κ1) is 19.3. The van der Waals surface area contributed by atoms with Gasteiger partial charge in [-0.15, -0.1) is 0 Å². The van der Waals surface area contributed by atoms with Gasteiger partial charge in [0.2, 0.25) is 5.91 Å². The van der Waals surface area contributed by atoms with E-state index in [1.807, 2.05) is 19.1 Å². The van der Waals surface area contributed by atoms with Crippen molar-refractivity contribution in [2.75, 3.05) is 25.6 Å². The fourth-order valence-electron chi connectivity index (χ4n) is 2.74. The number of benzene rings is 2. The number of anilines is 1. The predicted octanol–water partition coefficient (Wildman–Crippen LogP) is 3.14. The van der Waals surface area contributed by atoms with E-state index in [2.05, 4.69) is 10.6 Å². The Kier molecular flexibility index (Phi) is 6.16. The number of carbonyl (C=O) groups is 2. The molecule has 0 aliphatic rings. The molecule has 146 valence electrons. The summed E-state index contributed by atoms with van der Waals surface area (Å²) < 4.78 is 16.1. The molecule has 0 aliphatic heterocycles. The highest BCUT2D eigenvalue weighted by Crippen LogP contribution is 2.26. The van der Waals surface area contributed by atoms with Crippen LogP contribution in [0, 0.1) is 0 Å². The first-order chi connectivity index (χ1) is 13.6. The minimum absolute atomic E-state index is 0.0438. The quantitative estimate of drug-likeness (QED) is 0.625. The Morgan fingerprint density at radius 2 is 1.79 bits per heavy atom. The maximum Gasteiger partial charge on any atom is 0.257 e. The van der Waals surface area contributed by atoms with E-state index in [0.717, 1.165) is 10.9 Å². The minimum atomic E-state index is -0.176. The summed E-state index contributed by atoms with van der Waals surface area (Å²) in [6, 6.07) is 12.4. The third kappa shape index (κ3) is 4.82. The Balaban J connectivity index is 1.57. The van der Waals surface area contributed by atoms with Crippen molar-refractivity contribution in [3.63, 3.8) is 0 Å². The molecule has 1 aromatic heterocycles. The van der Waals surface area contributed by atoms with E-state index in [9.17, 15) is 9.59 Å². The van der Waals surface area contributed by atoms with Gasteiger partial charge in [0.25, 0.3) is 5.91 Å². The van der Waals surface area contributed by atoms with Crippen LogP contribution in [0.15, 0.2) is 53.1 Å². The van der Waals surface area contributed by atoms with Crippen LogP contribution in [-0.2, 0) is 16.0 Å². The maximum absolute atomic E-state index is 12.4. The molecule has 0 radical (unpaired) electrons. The number of fused-ring (bicyclic) bond motifs is 1. The van der Waals surface area contributed by atoms with E-state index in [-0.39, 0.29) is 24.8 Å². The van der Waals surface area contributed by atoms with Crippen molar-refractivity contribution in [2.24, 2.45) is 0 Å². The minimum Gasteiger partial charge on any atom is -0.497 e. The number of furan rings is 1. The van der Waals surface area contributed by atoms with Crippen LogP contribution in [0.3, 0.4) is 0 Å². The van der Waals surface area contributed by atoms with Crippen LogP contribution in [0.5, 0.6) is 11.5 Å². The van der Waals surface area contributed by atoms with Crippen molar-refractivity contribution < 1.29 is 23.5 Å². The Bertz CT molecular complexity index is 963. The normalized spacial score (nSPS) is 10.5. The lowest BCUT2D eigenvalue weighted by molar-refractivity contribution is -0.123. The van der Waals surface area contributed by atoms with Crippen LogP contribution < -0.4 is 20.1 Å². The maximum atomic E-state index is 12.4. The van der Waals surface area contributed by atoms with Gasteiger partial charge < -0.3 is 24.5 Å². The van der Waals surface area contributed by atoms with E-state index in [1.54, 1.807) is 43.7 Å². The molecule has 2 N–H and O–H groups in total. The molecule has 0 bridgehead atoms. The highest BCUT2D eigenvalue weighted by atomic mass is 16.5. The number of hydrogen-bond donors (Lipinski definition) is 2. The van der Waals surface area contributed by atoms with Gasteiger partial charge in [0, 0.05) is 29.2 Å². The molecule has 0 aliphatic carbocycles. The molecule has 0 spiro atoms. The van der Waals surface area contributed by atoms with E-state index < -0.39 is 0 Å². The lowest BCUT2D eigenvalue weighted by Crippen LogP contribution is -2.28. The number of nitrogens with one attached hydrogen (secondary N) is 2. The average molecular weight is 382 g/mol. The van der Waals surface area contributed by atoms with Crippen molar-refractivity contribution in [1.29, 1.82) is 0 Å². The summed E-state index contributed by atoms with van der Waals surface area (Å²) in [5.41, 5.74) is 2.12. The van der Waals surface area contributed by atoms with Crippen LogP contribution in [0.1, 0.15) is 12.5 Å². The lowest BCUT2D eigenvalue weighted by atomic mass is 10.1. The lowest BCUT2D eigenvalue weighted by Gasteiger charge is -2.08. The van der Waals surface area contributed by atoms with Crippen LogP contribution in [0.25, 0.3) is 11.0 Å². The van der Waals surface area contributed by atoms with Gasteiger partial charge in [0.05, 0.1) is 19.8 Å². The highest BCUT2D eigenvalue weighted by Gasteiger charge is 2.12. The van der Waals surface area contributed by atoms with Gasteiger partial charge in [-0.2, -0.15) is 0 Å². The average Bonchev–Trinajstić information content (AvgIpc) is 3.09. The van der Waals surface area contributed by atoms with E-state index in [0.29, 0.717) is 29.3 Å². The molecule has 3 rings (SSSR count). The number of rotatable bonds is 8. The molecular formula is C21H22N2O5. The largest absolute Gasteiger partial charge is 0.497 e. The summed E-state index contributed by atoms with van der Waals surface area (Å²) in [7, 11) is 1.59. The van der Waals surface area contributed by atoms with Crippen molar-refractivity contribution in [3.8, 4) is 11.5 Å². The second-order valence-corrected chi connectivity index (χ2v) is 6.11. The molecule has 0 unspecified atom stereocenters. The fraction of sp³-hybridized carbons (Fsp3) is 0.238. The van der Waals surface area contributed by atoms with E-state index in [4.69, 9.17) is 13.9 Å². The molecule has 2 amide bonds. The van der Waals surface area contributed by atoms with Crippen molar-refractivity contribution in [2.45, 2.75) is 13.3 Å². The number of likely N-dealkylation sites (N-methyl/N-ethyl adjacent to an activating group) is 1. The standard InChI is InChI=1S/C21H22N2O5/c1-3-22-21(25)13-27-16-6-4-15(5-7-16)23-20(24)10-14-12-28-19-11-17(26-2)8-9-18(14)19/h4-9,11-12H,3,10,13H2,1-2H3,(H,22,25)(H,23,24). The third-order valence-electron chi connectivity index (χ3n) is 4.10. The summed E-state index contributed by atoms with van der Waals surface area (Å²) in [6.45, 7) is 2.36. The zero-order valence-electron chi connectivity index (χ0n) is 15.8.